The van der Waals surface area contributed by atoms with Crippen molar-refractivity contribution < 1.29 is 14.9 Å². The highest BCUT2D eigenvalue weighted by Gasteiger charge is 2.34. The molecular weight excluding hydrogens is 266 g/mol. The van der Waals surface area contributed by atoms with E-state index in [1.807, 2.05) is 0 Å². The fourth-order valence-corrected chi connectivity index (χ4v) is 3.26. The molecule has 4 heteroatoms. The summed E-state index contributed by atoms with van der Waals surface area (Å²) in [6.07, 6.45) is 8.66. The lowest BCUT2D eigenvalue weighted by molar-refractivity contribution is 0.0216. The summed E-state index contributed by atoms with van der Waals surface area (Å²) in [6.45, 7) is 6.21. The average Bonchev–Trinajstić information content (AvgIpc) is 2.49. The lowest BCUT2D eigenvalue weighted by Gasteiger charge is -2.40. The molecule has 0 aromatic rings. The summed E-state index contributed by atoms with van der Waals surface area (Å²) >= 11 is 0. The molecule has 1 aliphatic carbocycles. The van der Waals surface area contributed by atoms with E-state index in [2.05, 4.69) is 19.2 Å². The summed E-state index contributed by atoms with van der Waals surface area (Å²) in [4.78, 5) is 0. The van der Waals surface area contributed by atoms with Crippen molar-refractivity contribution in [2.24, 2.45) is 5.92 Å². The maximum Gasteiger partial charge on any atom is 0.0897 e. The minimum absolute atomic E-state index is 0.155. The summed E-state index contributed by atoms with van der Waals surface area (Å²) in [5, 5.41) is 23.1. The molecule has 1 aliphatic rings. The van der Waals surface area contributed by atoms with Crippen LogP contribution in [0.2, 0.25) is 0 Å². The maximum atomic E-state index is 9.99. The van der Waals surface area contributed by atoms with Crippen molar-refractivity contribution in [2.75, 3.05) is 26.4 Å². The van der Waals surface area contributed by atoms with Crippen LogP contribution in [0.4, 0.5) is 0 Å². The molecule has 21 heavy (non-hydrogen) atoms. The highest BCUT2D eigenvalue weighted by Crippen LogP contribution is 2.31. The minimum Gasteiger partial charge on any atom is -0.394 e. The number of ether oxygens (including phenoxy) is 1. The van der Waals surface area contributed by atoms with Gasteiger partial charge in [-0.3, -0.25) is 0 Å². The Hall–Kier alpha value is -0.160. The largest absolute Gasteiger partial charge is 0.394 e. The van der Waals surface area contributed by atoms with E-state index in [0.29, 0.717) is 19.1 Å². The predicted molar refractivity (Wildman–Crippen MR) is 86.4 cm³/mol. The Balaban J connectivity index is 2.14. The molecule has 3 unspecified atom stereocenters. The third-order valence-corrected chi connectivity index (χ3v) is 4.56. The molecule has 1 fully saturated rings. The molecule has 0 aliphatic heterocycles. The topological polar surface area (TPSA) is 61.7 Å². The van der Waals surface area contributed by atoms with Gasteiger partial charge in [-0.15, -0.1) is 0 Å². The lowest BCUT2D eigenvalue weighted by Crippen LogP contribution is -2.54. The van der Waals surface area contributed by atoms with Crippen molar-refractivity contribution in [2.45, 2.75) is 76.9 Å². The molecule has 0 aromatic carbocycles. The van der Waals surface area contributed by atoms with E-state index >= 15 is 0 Å². The molecule has 126 valence electrons. The van der Waals surface area contributed by atoms with Crippen molar-refractivity contribution >= 4 is 0 Å². The van der Waals surface area contributed by atoms with Crippen molar-refractivity contribution in [1.29, 1.82) is 0 Å². The molecular formula is C17H35NO3. The fraction of sp³-hybridized carbons (Fsp3) is 1.00. The Bertz CT molecular complexity index is 262. The van der Waals surface area contributed by atoms with Crippen LogP contribution in [0.25, 0.3) is 0 Å². The van der Waals surface area contributed by atoms with Gasteiger partial charge in [0, 0.05) is 18.7 Å². The monoisotopic (exact) mass is 301 g/mol. The van der Waals surface area contributed by atoms with Crippen molar-refractivity contribution in [3.05, 3.63) is 0 Å². The van der Waals surface area contributed by atoms with Gasteiger partial charge in [-0.2, -0.15) is 0 Å². The first-order valence-corrected chi connectivity index (χ1v) is 8.73. The van der Waals surface area contributed by atoms with E-state index in [1.54, 1.807) is 0 Å². The van der Waals surface area contributed by atoms with Crippen LogP contribution in [0.15, 0.2) is 0 Å². The van der Waals surface area contributed by atoms with Gasteiger partial charge in [-0.05, 0) is 25.2 Å². The van der Waals surface area contributed by atoms with Crippen molar-refractivity contribution in [3.63, 3.8) is 0 Å². The average molecular weight is 301 g/mol. The molecule has 0 bridgehead atoms. The van der Waals surface area contributed by atoms with Gasteiger partial charge in [-0.1, -0.05) is 46.0 Å². The van der Waals surface area contributed by atoms with Gasteiger partial charge in [0.15, 0.2) is 0 Å². The number of unbranched alkanes of at least 4 members (excludes halogenated alkanes) is 3. The first-order chi connectivity index (χ1) is 10.1. The quantitative estimate of drug-likeness (QED) is 0.513. The van der Waals surface area contributed by atoms with Crippen LogP contribution < -0.4 is 5.32 Å². The summed E-state index contributed by atoms with van der Waals surface area (Å²) in [7, 11) is 0. The third-order valence-electron chi connectivity index (χ3n) is 4.56. The zero-order valence-electron chi connectivity index (χ0n) is 13.9. The Morgan fingerprint density at radius 1 is 1.33 bits per heavy atom. The highest BCUT2D eigenvalue weighted by molar-refractivity contribution is 4.92. The van der Waals surface area contributed by atoms with Crippen molar-refractivity contribution in [3.8, 4) is 0 Å². The molecule has 0 spiro atoms. The van der Waals surface area contributed by atoms with Gasteiger partial charge in [0.1, 0.15) is 0 Å². The number of hydrogen-bond donors (Lipinski definition) is 3. The Kier molecular flexibility index (Phi) is 9.49. The second-order valence-corrected chi connectivity index (χ2v) is 6.81. The van der Waals surface area contributed by atoms with Gasteiger partial charge < -0.3 is 20.3 Å². The first kappa shape index (κ1) is 18.9. The molecule has 0 radical (unpaired) electrons. The summed E-state index contributed by atoms with van der Waals surface area (Å²) in [5.41, 5.74) is -0.195. The lowest BCUT2D eigenvalue weighted by atomic mass is 9.77. The number of aliphatic hydroxyl groups excluding tert-OH is 2. The highest BCUT2D eigenvalue weighted by atomic mass is 16.5. The van der Waals surface area contributed by atoms with Gasteiger partial charge >= 0.3 is 0 Å². The van der Waals surface area contributed by atoms with E-state index in [9.17, 15) is 10.2 Å². The van der Waals surface area contributed by atoms with E-state index in [-0.39, 0.29) is 12.1 Å². The number of hydrogen-bond acceptors (Lipinski definition) is 4. The maximum absolute atomic E-state index is 9.99. The van der Waals surface area contributed by atoms with Gasteiger partial charge in [-0.25, -0.2) is 0 Å². The molecule has 4 nitrogen and oxygen atoms in total. The minimum atomic E-state index is -0.489. The SMILES string of the molecule is CCCCCCOCC(O)CNC1(CO)CCCC(C)C1. The smallest absolute Gasteiger partial charge is 0.0897 e. The summed E-state index contributed by atoms with van der Waals surface area (Å²) in [6, 6.07) is 0. The van der Waals surface area contributed by atoms with Gasteiger partial charge in [0.25, 0.3) is 0 Å². The summed E-state index contributed by atoms with van der Waals surface area (Å²) < 4.78 is 5.52. The Morgan fingerprint density at radius 3 is 2.81 bits per heavy atom. The predicted octanol–water partition coefficient (Wildman–Crippen LogP) is 2.47. The normalized spacial score (nSPS) is 27.7. The number of rotatable bonds is 11. The number of β-amino-alcohol motifs (C(OH)–C–C–N with tert-alkyl or cyclic N) is 1. The zero-order valence-corrected chi connectivity index (χ0v) is 13.9. The molecule has 3 N–H and O–H groups in total. The van der Waals surface area contributed by atoms with Crippen LogP contribution in [-0.4, -0.2) is 48.2 Å². The standard InChI is InChI=1S/C17H35NO3/c1-3-4-5-6-10-21-13-16(20)12-18-17(14-19)9-7-8-15(2)11-17/h15-16,18-20H,3-14H2,1-2H3. The Morgan fingerprint density at radius 2 is 2.14 bits per heavy atom. The Labute approximate surface area is 130 Å². The molecule has 0 amide bonds. The summed E-state index contributed by atoms with van der Waals surface area (Å²) in [5.74, 6) is 0.644. The van der Waals surface area contributed by atoms with Crippen LogP contribution >= 0.6 is 0 Å². The third kappa shape index (κ3) is 7.59. The first-order valence-electron chi connectivity index (χ1n) is 8.73. The van der Waals surface area contributed by atoms with Gasteiger partial charge in [0.05, 0.1) is 19.3 Å². The van der Waals surface area contributed by atoms with E-state index in [0.717, 1.165) is 32.3 Å². The van der Waals surface area contributed by atoms with Crippen LogP contribution in [0, 0.1) is 5.92 Å². The molecule has 0 saturated heterocycles. The molecule has 0 heterocycles. The molecule has 0 aromatic heterocycles. The van der Waals surface area contributed by atoms with Crippen molar-refractivity contribution in [1.82, 2.24) is 5.32 Å². The second kappa shape index (κ2) is 10.5. The van der Waals surface area contributed by atoms with Crippen LogP contribution in [0.1, 0.15) is 65.2 Å². The molecule has 1 rings (SSSR count). The zero-order chi connectivity index (χ0) is 15.6. The molecule has 1 saturated carbocycles. The van der Waals surface area contributed by atoms with Crippen LogP contribution in [0.5, 0.6) is 0 Å². The fourth-order valence-electron chi connectivity index (χ4n) is 3.26. The van der Waals surface area contributed by atoms with Crippen LogP contribution in [-0.2, 0) is 4.74 Å². The van der Waals surface area contributed by atoms with E-state index in [4.69, 9.17) is 4.74 Å². The van der Waals surface area contributed by atoms with E-state index < -0.39 is 6.10 Å². The number of nitrogens with one attached hydrogen (secondary N) is 1. The van der Waals surface area contributed by atoms with E-state index in [1.165, 1.54) is 25.7 Å². The van der Waals surface area contributed by atoms with Gasteiger partial charge in [0.2, 0.25) is 0 Å². The second-order valence-electron chi connectivity index (χ2n) is 6.81. The van der Waals surface area contributed by atoms with Crippen LogP contribution in [0.3, 0.4) is 0 Å². The molecule has 3 atom stereocenters. The number of aliphatic hydroxyl groups is 2.